The molecular formula is C29H40ClFN4O3. The summed E-state index contributed by atoms with van der Waals surface area (Å²) in [6.45, 7) is 11.9. The van der Waals surface area contributed by atoms with Crippen molar-refractivity contribution in [2.24, 2.45) is 10.9 Å². The second kappa shape index (κ2) is 16.5. The van der Waals surface area contributed by atoms with Crippen molar-refractivity contribution in [3.05, 3.63) is 93.4 Å². The predicted molar refractivity (Wildman–Crippen MR) is 154 cm³/mol. The number of aliphatic hydroxyl groups is 1. The van der Waals surface area contributed by atoms with Crippen molar-refractivity contribution >= 4 is 24.2 Å². The highest BCUT2D eigenvalue weighted by atomic mass is 35.5. The molecule has 7 nitrogen and oxygen atoms in total. The molecule has 0 unspecified atom stereocenters. The number of aliphatic imine (C=N–C) groups is 1. The largest absolute Gasteiger partial charge is 0.490 e. The average Bonchev–Trinajstić information content (AvgIpc) is 2.87. The molecule has 0 aliphatic carbocycles. The number of ether oxygens (including phenoxy) is 1. The Kier molecular flexibility index (Phi) is 14.2. The first-order valence-corrected chi connectivity index (χ1v) is 12.5. The maximum Gasteiger partial charge on any atom is 0.312 e. The second-order valence-corrected chi connectivity index (χ2v) is 9.63. The van der Waals surface area contributed by atoms with Crippen molar-refractivity contribution in [1.29, 1.82) is 0 Å². The Morgan fingerprint density at radius 3 is 2.53 bits per heavy atom. The fraction of sp³-hybridized carbons (Fsp3) is 0.379. The Labute approximate surface area is 231 Å². The zero-order valence-corrected chi connectivity index (χ0v) is 24.1. The lowest BCUT2D eigenvalue weighted by Gasteiger charge is -2.25. The van der Waals surface area contributed by atoms with E-state index < -0.39 is 11.7 Å². The van der Waals surface area contributed by atoms with Crippen LogP contribution in [0.2, 0.25) is 5.02 Å². The van der Waals surface area contributed by atoms with Crippen LogP contribution < -0.4 is 5.32 Å². The fourth-order valence-electron chi connectivity index (χ4n) is 3.21. The number of benzene rings is 1. The molecule has 0 spiro atoms. The van der Waals surface area contributed by atoms with Gasteiger partial charge in [0.05, 0.1) is 25.4 Å². The Balaban J connectivity index is 3.40. The molecule has 0 saturated carbocycles. The number of hydrogen-bond acceptors (Lipinski definition) is 6. The Bertz CT molecular complexity index is 1120. The van der Waals surface area contributed by atoms with Crippen LogP contribution >= 0.6 is 11.6 Å². The van der Waals surface area contributed by atoms with Crippen molar-refractivity contribution in [2.75, 3.05) is 34.5 Å². The summed E-state index contributed by atoms with van der Waals surface area (Å²) >= 11 is 5.99. The molecule has 38 heavy (non-hydrogen) atoms. The number of nitrogens with one attached hydrogen (secondary N) is 1. The third kappa shape index (κ3) is 10.9. The summed E-state index contributed by atoms with van der Waals surface area (Å²) in [7, 11) is 5.23. The molecule has 0 heterocycles. The van der Waals surface area contributed by atoms with Gasteiger partial charge >= 0.3 is 5.91 Å². The van der Waals surface area contributed by atoms with E-state index in [2.05, 4.69) is 30.9 Å². The summed E-state index contributed by atoms with van der Waals surface area (Å²) < 4.78 is 18.9. The number of methoxy groups -OCH3 is 1. The van der Waals surface area contributed by atoms with E-state index in [0.717, 1.165) is 28.0 Å². The zero-order chi connectivity index (χ0) is 28.8. The summed E-state index contributed by atoms with van der Waals surface area (Å²) in [6.07, 6.45) is 9.18. The molecule has 2 N–H and O–H groups in total. The quantitative estimate of drug-likeness (QED) is 0.107. The summed E-state index contributed by atoms with van der Waals surface area (Å²) in [5.41, 5.74) is 4.39. The number of carbonyl (C=O) groups excluding carboxylic acids is 1. The van der Waals surface area contributed by atoms with Crippen molar-refractivity contribution < 1.29 is 19.0 Å². The van der Waals surface area contributed by atoms with E-state index in [1.54, 1.807) is 11.0 Å². The van der Waals surface area contributed by atoms with Gasteiger partial charge in [0, 0.05) is 32.5 Å². The molecule has 0 atom stereocenters. The van der Waals surface area contributed by atoms with Gasteiger partial charge in [0.2, 0.25) is 5.76 Å². The van der Waals surface area contributed by atoms with Gasteiger partial charge < -0.3 is 25.0 Å². The standard InChI is InChI=1S/C29H40ClFN4O3/c1-20(2)22(4)27(14-21(3)24(18-36)10-9-13-34(6)7)33-19-35(17-28(38-8)29(37)32-5)16-23-11-12-26(31)25(30)15-23/h9-15,17,20,33,36H,5,16,18-19H2,1-4,6-8H3/b13-9-,21-14+,24-10+,27-22+,28-17+. The van der Waals surface area contributed by atoms with Crippen LogP contribution in [0.15, 0.2) is 82.0 Å². The molecule has 0 aliphatic heterocycles. The van der Waals surface area contributed by atoms with E-state index in [-0.39, 0.29) is 30.0 Å². The number of nitrogens with zero attached hydrogens (tertiary/aromatic N) is 3. The first kappa shape index (κ1) is 32.7. The lowest BCUT2D eigenvalue weighted by Crippen LogP contribution is -2.31. The minimum absolute atomic E-state index is 0.00558. The average molecular weight is 547 g/mol. The molecule has 208 valence electrons. The molecule has 0 bridgehead atoms. The van der Waals surface area contributed by atoms with Gasteiger partial charge in [0.25, 0.3) is 0 Å². The van der Waals surface area contributed by atoms with Gasteiger partial charge in [0.1, 0.15) is 5.82 Å². The summed E-state index contributed by atoms with van der Waals surface area (Å²) in [4.78, 5) is 19.3. The van der Waals surface area contributed by atoms with Gasteiger partial charge in [-0.1, -0.05) is 37.6 Å². The third-order valence-electron chi connectivity index (χ3n) is 5.73. The Morgan fingerprint density at radius 1 is 1.32 bits per heavy atom. The van der Waals surface area contributed by atoms with Gasteiger partial charge in [-0.15, -0.1) is 0 Å². The lowest BCUT2D eigenvalue weighted by atomic mass is 9.99. The number of hydrogen-bond donors (Lipinski definition) is 2. The molecule has 0 saturated heterocycles. The highest BCUT2D eigenvalue weighted by molar-refractivity contribution is 6.30. The molecule has 0 aliphatic rings. The van der Waals surface area contributed by atoms with Crippen LogP contribution in [0.1, 0.15) is 33.3 Å². The van der Waals surface area contributed by atoms with Crippen molar-refractivity contribution in [2.45, 2.75) is 34.2 Å². The molecule has 0 fully saturated rings. The van der Waals surface area contributed by atoms with Crippen molar-refractivity contribution in [1.82, 2.24) is 15.1 Å². The normalized spacial score (nSPS) is 13.5. The molecule has 1 aromatic carbocycles. The van der Waals surface area contributed by atoms with E-state index in [0.29, 0.717) is 6.54 Å². The number of halogens is 2. The lowest BCUT2D eigenvalue weighted by molar-refractivity contribution is -0.117. The van der Waals surface area contributed by atoms with E-state index in [1.165, 1.54) is 25.4 Å². The minimum Gasteiger partial charge on any atom is -0.490 e. The van der Waals surface area contributed by atoms with Crippen molar-refractivity contribution in [3.63, 3.8) is 0 Å². The summed E-state index contributed by atoms with van der Waals surface area (Å²) in [5, 5.41) is 13.4. The predicted octanol–water partition coefficient (Wildman–Crippen LogP) is 5.41. The van der Waals surface area contributed by atoms with Crippen LogP contribution in [0.4, 0.5) is 4.39 Å². The van der Waals surface area contributed by atoms with E-state index in [9.17, 15) is 14.3 Å². The SMILES string of the molecule is C=NC(=O)/C(=C\N(CNC(/C=C(C)/C(=C/C=C\N(C)C)CO)=C(\C)C(C)C)Cc1ccc(F)c(Cl)c1)OC. The highest BCUT2D eigenvalue weighted by Crippen LogP contribution is 2.20. The monoisotopic (exact) mass is 546 g/mol. The van der Waals surface area contributed by atoms with Crippen molar-refractivity contribution in [3.8, 4) is 0 Å². The molecular weight excluding hydrogens is 507 g/mol. The highest BCUT2D eigenvalue weighted by Gasteiger charge is 2.13. The number of rotatable bonds is 14. The summed E-state index contributed by atoms with van der Waals surface area (Å²) in [6, 6.07) is 4.47. The van der Waals surface area contributed by atoms with Gasteiger partial charge in [-0.3, -0.25) is 4.79 Å². The van der Waals surface area contributed by atoms with Crippen LogP contribution in [0.5, 0.6) is 0 Å². The second-order valence-electron chi connectivity index (χ2n) is 9.22. The molecule has 0 aromatic heterocycles. The number of carbonyl (C=O) groups is 1. The Hall–Kier alpha value is -3.36. The first-order valence-electron chi connectivity index (χ1n) is 12.2. The number of amides is 1. The van der Waals surface area contributed by atoms with Crippen LogP contribution in [0.25, 0.3) is 0 Å². The molecule has 1 rings (SSSR count). The van der Waals surface area contributed by atoms with Gasteiger partial charge in [-0.05, 0) is 79.3 Å². The fourth-order valence-corrected chi connectivity index (χ4v) is 3.41. The molecule has 9 heteroatoms. The minimum atomic E-state index is -0.608. The zero-order valence-electron chi connectivity index (χ0n) is 23.4. The Morgan fingerprint density at radius 2 is 2.00 bits per heavy atom. The maximum absolute atomic E-state index is 13.7. The van der Waals surface area contributed by atoms with Crippen LogP contribution in [-0.4, -0.2) is 62.0 Å². The van der Waals surface area contributed by atoms with Gasteiger partial charge in [-0.2, -0.15) is 0 Å². The van der Waals surface area contributed by atoms with Gasteiger partial charge in [-0.25, -0.2) is 9.38 Å². The smallest absolute Gasteiger partial charge is 0.312 e. The first-order chi connectivity index (χ1) is 17.9. The number of aliphatic hydroxyl groups excluding tert-OH is 1. The van der Waals surface area contributed by atoms with Crippen LogP contribution in [-0.2, 0) is 16.1 Å². The topological polar surface area (TPSA) is 77.4 Å². The third-order valence-corrected chi connectivity index (χ3v) is 6.02. The number of allylic oxidation sites excluding steroid dienone is 4. The van der Waals surface area contributed by atoms with E-state index in [1.807, 2.05) is 57.3 Å². The molecule has 1 amide bonds. The van der Waals surface area contributed by atoms with Crippen LogP contribution in [0.3, 0.4) is 0 Å². The van der Waals surface area contributed by atoms with Crippen LogP contribution in [0, 0.1) is 11.7 Å². The maximum atomic E-state index is 13.7. The van der Waals surface area contributed by atoms with E-state index in [4.69, 9.17) is 16.3 Å². The molecule has 1 aromatic rings. The summed E-state index contributed by atoms with van der Waals surface area (Å²) in [5.74, 6) is -0.863. The van der Waals surface area contributed by atoms with E-state index >= 15 is 0 Å². The van der Waals surface area contributed by atoms with Gasteiger partial charge in [0.15, 0.2) is 0 Å². The molecule has 0 radical (unpaired) electrons.